The van der Waals surface area contributed by atoms with Crippen molar-refractivity contribution in [2.45, 2.75) is 21.5 Å². The van der Waals surface area contributed by atoms with Gasteiger partial charge in [-0.1, -0.05) is 0 Å². The molecule has 0 atom stereocenters. The van der Waals surface area contributed by atoms with Gasteiger partial charge in [0, 0.05) is 46.5 Å². The van der Waals surface area contributed by atoms with E-state index in [2.05, 4.69) is 87.9 Å². The maximum absolute atomic E-state index is 13.2. The second kappa shape index (κ2) is 8.38. The fourth-order valence-electron chi connectivity index (χ4n) is 4.74. The van der Waals surface area contributed by atoms with E-state index in [4.69, 9.17) is 4.74 Å². The Kier molecular flexibility index (Phi) is 6.10. The van der Waals surface area contributed by atoms with Gasteiger partial charge in [-0.3, -0.25) is 14.8 Å². The van der Waals surface area contributed by atoms with E-state index in [0.29, 0.717) is 5.82 Å². The van der Waals surface area contributed by atoms with Gasteiger partial charge < -0.3 is 15.0 Å². The van der Waals surface area contributed by atoms with E-state index in [1.807, 2.05) is 24.3 Å². The van der Waals surface area contributed by atoms with Gasteiger partial charge in [0.1, 0.15) is 68.6 Å². The lowest BCUT2D eigenvalue weighted by Gasteiger charge is -2.68. The van der Waals surface area contributed by atoms with Gasteiger partial charge in [-0.25, -0.2) is 4.98 Å². The molecule has 1 aliphatic heterocycles. The number of hydrogen-bond acceptors (Lipinski definition) is 6. The zero-order valence-corrected chi connectivity index (χ0v) is 21.4. The molecule has 0 saturated carbocycles. The molecular weight excluding hydrogens is 417 g/mol. The van der Waals surface area contributed by atoms with Crippen LogP contribution in [0.4, 0.5) is 5.82 Å². The van der Waals surface area contributed by atoms with Crippen molar-refractivity contribution in [3.63, 3.8) is 0 Å². The summed E-state index contributed by atoms with van der Waals surface area (Å²) in [4.78, 5) is 28.6. The van der Waals surface area contributed by atoms with E-state index in [1.165, 1.54) is 0 Å². The van der Waals surface area contributed by atoms with Gasteiger partial charge in [0.2, 0.25) is 5.91 Å². The normalized spacial score (nSPS) is 20.5. The fourth-order valence-corrected chi connectivity index (χ4v) is 4.74. The minimum absolute atomic E-state index is 0.108. The van der Waals surface area contributed by atoms with Gasteiger partial charge in [-0.05, 0) is 40.3 Å². The van der Waals surface area contributed by atoms with E-state index >= 15 is 0 Å². The van der Waals surface area contributed by atoms with Gasteiger partial charge >= 0.3 is 0 Å². The molecule has 1 saturated heterocycles. The highest BCUT2D eigenvalue weighted by Crippen LogP contribution is 2.39. The predicted molar refractivity (Wildman–Crippen MR) is 158 cm³/mol. The van der Waals surface area contributed by atoms with Crippen molar-refractivity contribution in [1.29, 1.82) is 0 Å². The number of ether oxygens (including phenoxy) is 1. The first-order valence-corrected chi connectivity index (χ1v) is 11.7. The smallest absolute Gasteiger partial charge is 0.239 e. The summed E-state index contributed by atoms with van der Waals surface area (Å²) >= 11 is 0. The first-order valence-electron chi connectivity index (χ1n) is 11.7. The lowest BCUT2D eigenvalue weighted by Crippen LogP contribution is -2.86. The van der Waals surface area contributed by atoms with E-state index in [-0.39, 0.29) is 23.1 Å². The number of aromatic nitrogens is 3. The predicted octanol–water partition coefficient (Wildman–Crippen LogP) is -6.36. The fraction of sp³-hybridized carbons (Fsp3) is 0.263. The van der Waals surface area contributed by atoms with Crippen molar-refractivity contribution in [1.82, 2.24) is 19.9 Å². The molecule has 0 radical (unpaired) electrons. The number of carbonyl (C=O) groups is 1. The molecule has 1 fully saturated rings. The van der Waals surface area contributed by atoms with Crippen LogP contribution in [-0.2, 0) is 9.53 Å². The molecule has 4 rings (SSSR count). The average Bonchev–Trinajstić information content (AvgIpc) is 2.75. The monoisotopic (exact) mass is 445 g/mol. The summed E-state index contributed by atoms with van der Waals surface area (Å²) in [5, 5.41) is 3.24. The molecule has 1 amide bonds. The van der Waals surface area contributed by atoms with Crippen LogP contribution in [0.15, 0.2) is 49.1 Å². The third-order valence-corrected chi connectivity index (χ3v) is 7.94. The molecule has 0 aromatic carbocycles. The molecule has 0 spiro atoms. The Labute approximate surface area is 208 Å². The molecule has 3 aromatic heterocycles. The van der Waals surface area contributed by atoms with E-state index in [9.17, 15) is 4.79 Å². The largest absolute Gasteiger partial charge is 0.403 e. The van der Waals surface area contributed by atoms with Crippen molar-refractivity contribution in [3.8, 4) is 11.3 Å². The molecule has 1 N–H and O–H groups in total. The Balaban J connectivity index is 1.59. The zero-order chi connectivity index (χ0) is 24.9. The molecular formula is C19H27B8N5O2. The summed E-state index contributed by atoms with van der Waals surface area (Å²) < 4.78 is 6.52. The minimum atomic E-state index is -0.441. The summed E-state index contributed by atoms with van der Waals surface area (Å²) in [7, 11) is 16.9. The summed E-state index contributed by atoms with van der Waals surface area (Å²) in [6.45, 7) is 0.229. The number of nitrogens with zero attached hydrogens (tertiary/aromatic N) is 4. The number of amides is 1. The highest BCUT2D eigenvalue weighted by atomic mass is 16.5. The van der Waals surface area contributed by atoms with Crippen molar-refractivity contribution in [2.75, 3.05) is 11.9 Å². The van der Waals surface area contributed by atoms with Gasteiger partial charge in [-0.15, -0.1) is 0 Å². The number of morpholine rings is 1. The van der Waals surface area contributed by atoms with E-state index < -0.39 is 10.8 Å². The summed E-state index contributed by atoms with van der Waals surface area (Å²) in [6, 6.07) is 7.73. The number of nitrogens with one attached hydrogen (secondary N) is 1. The van der Waals surface area contributed by atoms with Gasteiger partial charge in [0.25, 0.3) is 0 Å². The Morgan fingerprint density at radius 2 is 1.56 bits per heavy atom. The number of hydrogen-bond donors (Lipinski definition) is 1. The summed E-state index contributed by atoms with van der Waals surface area (Å²) in [5.74, 6) is 0.409. The topological polar surface area (TPSA) is 80.2 Å². The summed E-state index contributed by atoms with van der Waals surface area (Å²) in [5.41, 5.74) is 1.76. The van der Waals surface area contributed by atoms with Crippen molar-refractivity contribution in [2.24, 2.45) is 0 Å². The Hall–Kier alpha value is -2.38. The molecule has 0 bridgehead atoms. The Morgan fingerprint density at radius 1 is 0.912 bits per heavy atom. The quantitative estimate of drug-likeness (QED) is 0.404. The first kappa shape index (κ1) is 24.7. The first-order chi connectivity index (χ1) is 15.7. The van der Waals surface area contributed by atoms with E-state index in [0.717, 1.165) is 22.0 Å². The number of anilines is 1. The zero-order valence-electron chi connectivity index (χ0n) is 21.4. The molecule has 1 aliphatic rings. The molecule has 34 heavy (non-hydrogen) atoms. The molecule has 7 nitrogen and oxygen atoms in total. The van der Waals surface area contributed by atoms with Gasteiger partial charge in [0.05, 0.1) is 12.2 Å². The molecule has 164 valence electrons. The SMILES string of the molecule is BC1(B)OC(B)(B)C(B)(B)N(CC(=O)Nc2cc3cc(-c4cccnc4)ncc3cn2)C1(B)B. The molecule has 15 heteroatoms. The van der Waals surface area contributed by atoms with Crippen LogP contribution in [-0.4, -0.2) is 117 Å². The maximum atomic E-state index is 13.2. The Morgan fingerprint density at radius 3 is 2.18 bits per heavy atom. The number of fused-ring (bicyclic) bond motifs is 1. The van der Waals surface area contributed by atoms with Crippen LogP contribution >= 0.6 is 0 Å². The van der Waals surface area contributed by atoms with Crippen LogP contribution in [0.5, 0.6) is 0 Å². The molecule has 0 unspecified atom stereocenters. The van der Waals surface area contributed by atoms with Crippen LogP contribution in [0.2, 0.25) is 0 Å². The number of carbonyl (C=O) groups excluding carboxylic acids is 1. The van der Waals surface area contributed by atoms with Crippen LogP contribution in [0.1, 0.15) is 0 Å². The van der Waals surface area contributed by atoms with Gasteiger partial charge in [0.15, 0.2) is 0 Å². The van der Waals surface area contributed by atoms with Crippen LogP contribution in [0.3, 0.4) is 0 Å². The van der Waals surface area contributed by atoms with Crippen LogP contribution < -0.4 is 5.32 Å². The second-order valence-electron chi connectivity index (χ2n) is 11.1. The standard InChI is InChI=1S/C19H27B8N5O2/c20-16(21)18(24,25)34-19(26,27)17(22,23)32(16)9-15(33)31-14-5-11-4-13(10-2-1-3-28-6-10)29-7-12(11)8-30-14/h1-8H,9,20-27H2,(H,30,31,33). The average molecular weight is 444 g/mol. The van der Waals surface area contributed by atoms with Crippen LogP contribution in [0.25, 0.3) is 22.0 Å². The van der Waals surface area contributed by atoms with Crippen molar-refractivity contribution >= 4 is 85.3 Å². The van der Waals surface area contributed by atoms with Crippen LogP contribution in [0, 0.1) is 0 Å². The Bertz CT molecular complexity index is 1220. The number of rotatable bonds is 4. The number of pyridine rings is 3. The highest BCUT2D eigenvalue weighted by Gasteiger charge is 2.58. The second-order valence-corrected chi connectivity index (χ2v) is 11.1. The lowest BCUT2D eigenvalue weighted by atomic mass is 9.30. The lowest BCUT2D eigenvalue weighted by molar-refractivity contribution is -0.131. The van der Waals surface area contributed by atoms with Crippen molar-refractivity contribution in [3.05, 3.63) is 49.1 Å². The highest BCUT2D eigenvalue weighted by molar-refractivity contribution is 6.59. The minimum Gasteiger partial charge on any atom is -0.403 e. The van der Waals surface area contributed by atoms with E-state index in [1.54, 1.807) is 24.8 Å². The third kappa shape index (κ3) is 4.24. The summed E-state index contributed by atoms with van der Waals surface area (Å²) in [6.07, 6.45) is 7.05. The molecule has 4 heterocycles. The molecule has 3 aromatic rings. The maximum Gasteiger partial charge on any atom is 0.239 e. The third-order valence-electron chi connectivity index (χ3n) is 7.94. The molecule has 0 aliphatic carbocycles. The van der Waals surface area contributed by atoms with Crippen molar-refractivity contribution < 1.29 is 9.53 Å². The van der Waals surface area contributed by atoms with Gasteiger partial charge in [-0.2, -0.15) is 0 Å².